The van der Waals surface area contributed by atoms with Crippen LogP contribution in [-0.4, -0.2) is 73.6 Å². The first-order chi connectivity index (χ1) is 15.7. The molecule has 2 aromatic carbocycles. The maximum atomic E-state index is 12.9. The fourth-order valence-electron chi connectivity index (χ4n) is 3.80. The quantitative estimate of drug-likeness (QED) is 0.593. The van der Waals surface area contributed by atoms with Crippen LogP contribution in [0.15, 0.2) is 59.5 Å². The zero-order chi connectivity index (χ0) is 24.0. The molecule has 0 aliphatic carbocycles. The minimum Gasteiger partial charge on any atom is -0.339 e. The Labute approximate surface area is 197 Å². The van der Waals surface area contributed by atoms with Gasteiger partial charge in [0.1, 0.15) is 0 Å². The third-order valence-corrected chi connectivity index (χ3v) is 8.17. The molecule has 1 fully saturated rings. The summed E-state index contributed by atoms with van der Waals surface area (Å²) in [5.41, 5.74) is 1.68. The molecule has 0 spiro atoms. The van der Waals surface area contributed by atoms with Crippen molar-refractivity contribution in [2.75, 3.05) is 33.2 Å². The van der Waals surface area contributed by atoms with Crippen molar-refractivity contribution in [2.45, 2.75) is 44.0 Å². The Hall–Kier alpha value is -2.71. The fraction of sp³-hybridized carbons (Fsp3) is 0.440. The minimum atomic E-state index is -3.58. The standard InChI is InChI=1S/C25H33N3O4S/c1-20(2)26(3)33(31,32)23-14-12-22(13-15-23)25(30)28-18-16-27(17-19-28)24(29)11-7-10-21-8-5-4-6-9-21/h4-6,8-9,12-15,20H,7,10-11,16-19H2,1-3H3. The predicted octanol–water partition coefficient (Wildman–Crippen LogP) is 3.02. The normalized spacial score (nSPS) is 14.7. The molecule has 1 aliphatic heterocycles. The van der Waals surface area contributed by atoms with Crippen molar-refractivity contribution in [3.05, 3.63) is 65.7 Å². The van der Waals surface area contributed by atoms with E-state index in [0.717, 1.165) is 12.8 Å². The van der Waals surface area contributed by atoms with E-state index in [1.165, 1.54) is 22.0 Å². The fourth-order valence-corrected chi connectivity index (χ4v) is 5.17. The summed E-state index contributed by atoms with van der Waals surface area (Å²) in [6.45, 7) is 5.59. The van der Waals surface area contributed by atoms with Crippen molar-refractivity contribution in [1.82, 2.24) is 14.1 Å². The Morgan fingerprint density at radius 1 is 0.909 bits per heavy atom. The molecule has 1 aliphatic rings. The molecule has 8 heteroatoms. The number of nitrogens with zero attached hydrogens (tertiary/aromatic N) is 3. The van der Waals surface area contributed by atoms with E-state index in [4.69, 9.17) is 0 Å². The number of sulfonamides is 1. The second-order valence-electron chi connectivity index (χ2n) is 8.65. The SMILES string of the molecule is CC(C)N(C)S(=O)(=O)c1ccc(C(=O)N2CCN(C(=O)CCCc3ccccc3)CC2)cc1. The van der Waals surface area contributed by atoms with Gasteiger partial charge < -0.3 is 9.80 Å². The Bertz CT molecular complexity index is 1040. The second kappa shape index (κ2) is 10.9. The second-order valence-corrected chi connectivity index (χ2v) is 10.6. The van der Waals surface area contributed by atoms with Crippen LogP contribution in [0.3, 0.4) is 0 Å². The summed E-state index contributed by atoms with van der Waals surface area (Å²) in [4.78, 5) is 29.1. The van der Waals surface area contributed by atoms with Crippen molar-refractivity contribution in [1.29, 1.82) is 0 Å². The highest BCUT2D eigenvalue weighted by Gasteiger charge is 2.26. The van der Waals surface area contributed by atoms with Crippen LogP contribution < -0.4 is 0 Å². The van der Waals surface area contributed by atoms with E-state index in [2.05, 4.69) is 12.1 Å². The number of hydrogen-bond donors (Lipinski definition) is 0. The summed E-state index contributed by atoms with van der Waals surface area (Å²) in [5.74, 6) is -0.0193. The molecule has 0 aromatic heterocycles. The van der Waals surface area contributed by atoms with Gasteiger partial charge >= 0.3 is 0 Å². The molecule has 2 aromatic rings. The van der Waals surface area contributed by atoms with Gasteiger partial charge in [0.05, 0.1) is 4.90 Å². The first-order valence-corrected chi connectivity index (χ1v) is 12.8. The summed E-state index contributed by atoms with van der Waals surface area (Å²) in [7, 11) is -2.04. The lowest BCUT2D eigenvalue weighted by molar-refractivity contribution is -0.132. The molecule has 3 rings (SSSR count). The average Bonchev–Trinajstić information content (AvgIpc) is 2.83. The minimum absolute atomic E-state index is 0.127. The van der Waals surface area contributed by atoms with Crippen molar-refractivity contribution in [3.8, 4) is 0 Å². The van der Waals surface area contributed by atoms with Gasteiger partial charge in [-0.15, -0.1) is 0 Å². The lowest BCUT2D eigenvalue weighted by Crippen LogP contribution is -2.50. The number of carbonyl (C=O) groups excluding carboxylic acids is 2. The summed E-state index contributed by atoms with van der Waals surface area (Å²) in [5, 5.41) is 0. The molecule has 0 unspecified atom stereocenters. The monoisotopic (exact) mass is 471 g/mol. The van der Waals surface area contributed by atoms with E-state index in [1.54, 1.807) is 24.1 Å². The van der Waals surface area contributed by atoms with Gasteiger partial charge in [-0.1, -0.05) is 30.3 Å². The highest BCUT2D eigenvalue weighted by Crippen LogP contribution is 2.18. The molecular formula is C25H33N3O4S. The predicted molar refractivity (Wildman–Crippen MR) is 128 cm³/mol. The Kier molecular flexibility index (Phi) is 8.26. The molecule has 0 bridgehead atoms. The number of carbonyl (C=O) groups is 2. The first kappa shape index (κ1) is 24.9. The smallest absolute Gasteiger partial charge is 0.253 e. The molecule has 7 nitrogen and oxygen atoms in total. The van der Waals surface area contributed by atoms with Crippen molar-refractivity contribution < 1.29 is 18.0 Å². The van der Waals surface area contributed by atoms with Gasteiger partial charge in [0.25, 0.3) is 5.91 Å². The molecule has 0 N–H and O–H groups in total. The average molecular weight is 472 g/mol. The van der Waals surface area contributed by atoms with Crippen LogP contribution in [-0.2, 0) is 21.2 Å². The van der Waals surface area contributed by atoms with E-state index in [9.17, 15) is 18.0 Å². The highest BCUT2D eigenvalue weighted by atomic mass is 32.2. The topological polar surface area (TPSA) is 78.0 Å². The van der Waals surface area contributed by atoms with Gasteiger partial charge in [-0.05, 0) is 56.5 Å². The van der Waals surface area contributed by atoms with Gasteiger partial charge in [0.15, 0.2) is 0 Å². The van der Waals surface area contributed by atoms with Gasteiger partial charge in [-0.25, -0.2) is 8.42 Å². The lowest BCUT2D eigenvalue weighted by atomic mass is 10.1. The molecule has 178 valence electrons. The van der Waals surface area contributed by atoms with E-state index in [0.29, 0.717) is 38.2 Å². The zero-order valence-corrected chi connectivity index (χ0v) is 20.4. The van der Waals surface area contributed by atoms with Gasteiger partial charge in [0.2, 0.25) is 15.9 Å². The summed E-state index contributed by atoms with van der Waals surface area (Å²) in [6.07, 6.45) is 2.19. The number of piperazine rings is 1. The molecule has 1 saturated heterocycles. The largest absolute Gasteiger partial charge is 0.339 e. The lowest BCUT2D eigenvalue weighted by Gasteiger charge is -2.35. The van der Waals surface area contributed by atoms with Gasteiger partial charge in [-0.2, -0.15) is 4.31 Å². The third-order valence-electron chi connectivity index (χ3n) is 6.12. The number of hydrogen-bond acceptors (Lipinski definition) is 4. The summed E-state index contributed by atoms with van der Waals surface area (Å²) < 4.78 is 26.5. The van der Waals surface area contributed by atoms with Crippen molar-refractivity contribution in [2.24, 2.45) is 0 Å². The molecule has 33 heavy (non-hydrogen) atoms. The van der Waals surface area contributed by atoms with Crippen molar-refractivity contribution >= 4 is 21.8 Å². The van der Waals surface area contributed by atoms with E-state index < -0.39 is 10.0 Å². The molecule has 0 atom stereocenters. The van der Waals surface area contributed by atoms with E-state index in [-0.39, 0.29) is 22.8 Å². The van der Waals surface area contributed by atoms with Crippen LogP contribution >= 0.6 is 0 Å². The van der Waals surface area contributed by atoms with Crippen molar-refractivity contribution in [3.63, 3.8) is 0 Å². The maximum absolute atomic E-state index is 12.9. The summed E-state index contributed by atoms with van der Waals surface area (Å²) >= 11 is 0. The van der Waals surface area contributed by atoms with Crippen LogP contribution in [0.4, 0.5) is 0 Å². The van der Waals surface area contributed by atoms with Gasteiger partial charge in [0, 0.05) is 51.3 Å². The Morgan fingerprint density at radius 3 is 2.06 bits per heavy atom. The maximum Gasteiger partial charge on any atom is 0.253 e. The Morgan fingerprint density at radius 2 is 1.48 bits per heavy atom. The third kappa shape index (κ3) is 6.21. The molecule has 0 radical (unpaired) electrons. The molecule has 1 heterocycles. The van der Waals surface area contributed by atoms with E-state index in [1.807, 2.05) is 36.9 Å². The van der Waals surface area contributed by atoms with Crippen LogP contribution in [0.2, 0.25) is 0 Å². The molecule has 0 saturated carbocycles. The van der Waals surface area contributed by atoms with Crippen LogP contribution in [0.25, 0.3) is 0 Å². The molecule has 2 amide bonds. The molecular weight excluding hydrogens is 438 g/mol. The summed E-state index contributed by atoms with van der Waals surface area (Å²) in [6, 6.07) is 16.1. The highest BCUT2D eigenvalue weighted by molar-refractivity contribution is 7.89. The van der Waals surface area contributed by atoms with E-state index >= 15 is 0 Å². The van der Waals surface area contributed by atoms with Crippen LogP contribution in [0.5, 0.6) is 0 Å². The number of amides is 2. The van der Waals surface area contributed by atoms with Gasteiger partial charge in [-0.3, -0.25) is 9.59 Å². The zero-order valence-electron chi connectivity index (χ0n) is 19.6. The number of benzene rings is 2. The van der Waals surface area contributed by atoms with Crippen LogP contribution in [0.1, 0.15) is 42.6 Å². The Balaban J connectivity index is 1.50. The first-order valence-electron chi connectivity index (χ1n) is 11.4. The number of rotatable bonds is 8. The number of aryl methyl sites for hydroxylation is 1. The van der Waals surface area contributed by atoms with Crippen LogP contribution in [0, 0.1) is 0 Å².